The highest BCUT2D eigenvalue weighted by molar-refractivity contribution is 5.37. The molecule has 0 saturated heterocycles. The van der Waals surface area contributed by atoms with Gasteiger partial charge >= 0.3 is 0 Å². The summed E-state index contributed by atoms with van der Waals surface area (Å²) in [5.74, 6) is 0.260. The molecule has 2 rings (SSSR count). The van der Waals surface area contributed by atoms with E-state index in [9.17, 15) is 0 Å². The van der Waals surface area contributed by atoms with Crippen molar-refractivity contribution in [2.24, 2.45) is 0 Å². The van der Waals surface area contributed by atoms with Crippen LogP contribution in [0.15, 0.2) is 24.3 Å². The molecule has 1 N–H and O–H groups in total. The largest absolute Gasteiger partial charge is 0.508 e. The number of nitriles is 1. The summed E-state index contributed by atoms with van der Waals surface area (Å²) in [6, 6.07) is 8.08. The van der Waals surface area contributed by atoms with Gasteiger partial charge in [-0.1, -0.05) is 5.10 Å². The summed E-state index contributed by atoms with van der Waals surface area (Å²) in [7, 11) is 0. The fraction of sp³-hybridized carbons (Fsp3) is 0. The number of aromatic nitrogens is 4. The first-order chi connectivity index (χ1) is 6.81. The Morgan fingerprint density at radius 3 is 2.64 bits per heavy atom. The first kappa shape index (κ1) is 8.19. The molecule has 0 atom stereocenters. The van der Waals surface area contributed by atoms with Gasteiger partial charge in [-0.15, -0.1) is 0 Å². The van der Waals surface area contributed by atoms with Gasteiger partial charge in [0.05, 0.1) is 5.69 Å². The number of phenolic OH excluding ortho intramolecular Hbond substituents is 1. The first-order valence-corrected chi connectivity index (χ1v) is 3.79. The fourth-order valence-corrected chi connectivity index (χ4v) is 1.02. The summed E-state index contributed by atoms with van der Waals surface area (Å²) in [6.07, 6.45) is 0. The van der Waals surface area contributed by atoms with E-state index in [2.05, 4.69) is 15.5 Å². The van der Waals surface area contributed by atoms with E-state index < -0.39 is 0 Å². The molecule has 0 aliphatic carbocycles. The number of hydrogen-bond donors (Lipinski definition) is 1. The van der Waals surface area contributed by atoms with Gasteiger partial charge in [-0.3, -0.25) is 0 Å². The molecule has 0 fully saturated rings. The Bertz CT molecular complexity index is 481. The molecule has 6 nitrogen and oxygen atoms in total. The third-order valence-corrected chi connectivity index (χ3v) is 1.66. The van der Waals surface area contributed by atoms with E-state index in [4.69, 9.17) is 10.4 Å². The topological polar surface area (TPSA) is 87.6 Å². The number of tetrazole rings is 1. The van der Waals surface area contributed by atoms with Gasteiger partial charge in [0.2, 0.25) is 0 Å². The zero-order valence-corrected chi connectivity index (χ0v) is 6.99. The standard InChI is InChI=1S/C8H5N5O/c9-5-8-10-11-12-13(8)6-1-3-7(14)4-2-6/h1-4,14H. The number of aromatic hydroxyl groups is 1. The molecule has 68 valence electrons. The zero-order valence-electron chi connectivity index (χ0n) is 6.99. The third kappa shape index (κ3) is 1.27. The Morgan fingerprint density at radius 2 is 2.00 bits per heavy atom. The Morgan fingerprint density at radius 1 is 1.29 bits per heavy atom. The second kappa shape index (κ2) is 3.14. The van der Waals surface area contributed by atoms with Crippen molar-refractivity contribution in [2.45, 2.75) is 0 Å². The van der Waals surface area contributed by atoms with Gasteiger partial charge < -0.3 is 5.11 Å². The second-order valence-corrected chi connectivity index (χ2v) is 2.54. The van der Waals surface area contributed by atoms with Gasteiger partial charge in [0.1, 0.15) is 11.8 Å². The lowest BCUT2D eigenvalue weighted by Crippen LogP contribution is -1.99. The van der Waals surface area contributed by atoms with Crippen molar-refractivity contribution in [2.75, 3.05) is 0 Å². The molecular formula is C8H5N5O. The number of nitrogens with zero attached hydrogens (tertiary/aromatic N) is 5. The van der Waals surface area contributed by atoms with Gasteiger partial charge in [-0.25, -0.2) is 0 Å². The molecule has 0 bridgehead atoms. The van der Waals surface area contributed by atoms with Crippen LogP contribution in [-0.2, 0) is 0 Å². The third-order valence-electron chi connectivity index (χ3n) is 1.66. The minimum absolute atomic E-state index is 0.107. The van der Waals surface area contributed by atoms with E-state index in [1.807, 2.05) is 6.07 Å². The van der Waals surface area contributed by atoms with E-state index in [1.165, 1.54) is 16.8 Å². The number of phenols is 1. The van der Waals surface area contributed by atoms with Crippen LogP contribution >= 0.6 is 0 Å². The van der Waals surface area contributed by atoms with Gasteiger partial charge in [0.15, 0.2) is 0 Å². The molecule has 0 aliphatic rings. The zero-order chi connectivity index (χ0) is 9.97. The van der Waals surface area contributed by atoms with Crippen LogP contribution in [-0.4, -0.2) is 25.3 Å². The first-order valence-electron chi connectivity index (χ1n) is 3.79. The molecule has 1 heterocycles. The molecular weight excluding hydrogens is 182 g/mol. The van der Waals surface area contributed by atoms with Crippen LogP contribution in [0.5, 0.6) is 5.75 Å². The smallest absolute Gasteiger partial charge is 0.257 e. The lowest BCUT2D eigenvalue weighted by molar-refractivity contribution is 0.475. The Balaban J connectivity index is 2.50. The van der Waals surface area contributed by atoms with Crippen LogP contribution in [0.3, 0.4) is 0 Å². The molecule has 0 amide bonds. The minimum Gasteiger partial charge on any atom is -0.508 e. The van der Waals surface area contributed by atoms with Gasteiger partial charge in [-0.05, 0) is 34.7 Å². The maximum absolute atomic E-state index is 9.05. The number of rotatable bonds is 1. The molecule has 0 unspecified atom stereocenters. The van der Waals surface area contributed by atoms with Crippen molar-refractivity contribution in [3.63, 3.8) is 0 Å². The van der Waals surface area contributed by atoms with Crippen molar-refractivity contribution in [3.05, 3.63) is 30.1 Å². The maximum atomic E-state index is 9.05. The van der Waals surface area contributed by atoms with Crippen LogP contribution in [0.1, 0.15) is 5.82 Å². The molecule has 0 radical (unpaired) electrons. The quantitative estimate of drug-likeness (QED) is 0.690. The van der Waals surface area contributed by atoms with Crippen molar-refractivity contribution in [1.82, 2.24) is 20.2 Å². The van der Waals surface area contributed by atoms with Crippen LogP contribution < -0.4 is 0 Å². The predicted octanol–water partition coefficient (Wildman–Crippen LogP) is 0.240. The van der Waals surface area contributed by atoms with E-state index in [-0.39, 0.29) is 11.6 Å². The molecule has 0 aliphatic heterocycles. The number of hydrogen-bond acceptors (Lipinski definition) is 5. The highest BCUT2D eigenvalue weighted by Crippen LogP contribution is 2.12. The molecule has 1 aromatic heterocycles. The highest BCUT2D eigenvalue weighted by Gasteiger charge is 2.05. The predicted molar refractivity (Wildman–Crippen MR) is 45.5 cm³/mol. The maximum Gasteiger partial charge on any atom is 0.257 e. The highest BCUT2D eigenvalue weighted by atomic mass is 16.3. The van der Waals surface area contributed by atoms with E-state index in [0.717, 1.165) is 0 Å². The molecule has 0 spiro atoms. The average Bonchev–Trinajstić information content (AvgIpc) is 2.67. The second-order valence-electron chi connectivity index (χ2n) is 2.54. The summed E-state index contributed by atoms with van der Waals surface area (Å²) in [5.41, 5.74) is 0.629. The minimum atomic E-state index is 0.107. The monoisotopic (exact) mass is 187 g/mol. The van der Waals surface area contributed by atoms with Crippen molar-refractivity contribution in [1.29, 1.82) is 5.26 Å². The lowest BCUT2D eigenvalue weighted by Gasteiger charge is -1.99. The molecule has 14 heavy (non-hydrogen) atoms. The van der Waals surface area contributed by atoms with Crippen LogP contribution in [0.4, 0.5) is 0 Å². The van der Waals surface area contributed by atoms with E-state index in [1.54, 1.807) is 12.1 Å². The summed E-state index contributed by atoms with van der Waals surface area (Å²) >= 11 is 0. The van der Waals surface area contributed by atoms with E-state index in [0.29, 0.717) is 5.69 Å². The molecule has 0 saturated carbocycles. The van der Waals surface area contributed by atoms with Crippen molar-refractivity contribution >= 4 is 0 Å². The van der Waals surface area contributed by atoms with Crippen LogP contribution in [0, 0.1) is 11.3 Å². The Labute approximate surface area is 79.0 Å². The summed E-state index contributed by atoms with van der Waals surface area (Å²) < 4.78 is 1.29. The molecule has 2 aromatic rings. The lowest BCUT2D eigenvalue weighted by atomic mass is 10.3. The summed E-state index contributed by atoms with van der Waals surface area (Å²) in [5, 5.41) is 28.2. The van der Waals surface area contributed by atoms with Gasteiger partial charge in [0.25, 0.3) is 5.82 Å². The fourth-order valence-electron chi connectivity index (χ4n) is 1.02. The summed E-state index contributed by atoms with van der Waals surface area (Å²) in [4.78, 5) is 0. The normalized spacial score (nSPS) is 9.64. The average molecular weight is 187 g/mol. The Hall–Kier alpha value is -2.42. The van der Waals surface area contributed by atoms with Crippen LogP contribution in [0.2, 0.25) is 0 Å². The molecule has 1 aromatic carbocycles. The van der Waals surface area contributed by atoms with Gasteiger partial charge in [0, 0.05) is 0 Å². The Kier molecular flexibility index (Phi) is 1.84. The SMILES string of the molecule is N#Cc1nnnn1-c1ccc(O)cc1. The number of benzene rings is 1. The summed E-state index contributed by atoms with van der Waals surface area (Å²) in [6.45, 7) is 0. The van der Waals surface area contributed by atoms with Crippen LogP contribution in [0.25, 0.3) is 5.69 Å². The molecule has 6 heteroatoms. The van der Waals surface area contributed by atoms with E-state index >= 15 is 0 Å². The van der Waals surface area contributed by atoms with Gasteiger partial charge in [-0.2, -0.15) is 9.94 Å². The van der Waals surface area contributed by atoms with Crippen molar-refractivity contribution in [3.8, 4) is 17.5 Å². The van der Waals surface area contributed by atoms with Crippen molar-refractivity contribution < 1.29 is 5.11 Å².